The third kappa shape index (κ3) is 8.31. The topological polar surface area (TPSA) is 73.9 Å². The normalized spacial score (nSPS) is 10.8. The van der Waals surface area contributed by atoms with Gasteiger partial charge in [-0.15, -0.1) is 0 Å². The number of esters is 1. The van der Waals surface area contributed by atoms with Crippen molar-refractivity contribution in [3.63, 3.8) is 0 Å². The van der Waals surface area contributed by atoms with Crippen molar-refractivity contribution in [3.8, 4) is 17.2 Å². The molecule has 3 aromatic rings. The fourth-order valence-electron chi connectivity index (χ4n) is 3.45. The van der Waals surface area contributed by atoms with Gasteiger partial charge in [0.15, 0.2) is 11.5 Å². The molecule has 0 saturated heterocycles. The van der Waals surface area contributed by atoms with Crippen LogP contribution < -0.4 is 19.5 Å². The van der Waals surface area contributed by atoms with E-state index in [2.05, 4.69) is 12.2 Å². The van der Waals surface area contributed by atoms with Crippen LogP contribution in [0.5, 0.6) is 17.2 Å². The summed E-state index contributed by atoms with van der Waals surface area (Å²) in [7, 11) is 1.59. The second-order valence-corrected chi connectivity index (χ2v) is 8.42. The Bertz CT molecular complexity index is 1170. The van der Waals surface area contributed by atoms with Crippen molar-refractivity contribution in [2.45, 2.75) is 39.5 Å². The van der Waals surface area contributed by atoms with Gasteiger partial charge in [0.05, 0.1) is 13.7 Å². The molecule has 0 spiro atoms. The Labute approximate surface area is 212 Å². The SMILES string of the molecule is CCCCCCOc1ccc(/C=C/C(=O)Oc2ccc(C(=O)Nc3ccc(C)cc3)cc2)cc1OC. The molecule has 188 valence electrons. The number of rotatable bonds is 12. The monoisotopic (exact) mass is 487 g/mol. The summed E-state index contributed by atoms with van der Waals surface area (Å²) in [5.41, 5.74) is 3.08. The number of nitrogens with one attached hydrogen (secondary N) is 1. The summed E-state index contributed by atoms with van der Waals surface area (Å²) in [6.07, 6.45) is 7.53. The molecule has 6 nitrogen and oxygen atoms in total. The average Bonchev–Trinajstić information content (AvgIpc) is 2.89. The fourth-order valence-corrected chi connectivity index (χ4v) is 3.45. The van der Waals surface area contributed by atoms with Gasteiger partial charge in [-0.1, -0.05) is 49.9 Å². The van der Waals surface area contributed by atoms with Gasteiger partial charge in [0.2, 0.25) is 0 Å². The molecule has 0 bridgehead atoms. The summed E-state index contributed by atoms with van der Waals surface area (Å²) >= 11 is 0. The maximum Gasteiger partial charge on any atom is 0.336 e. The Kier molecular flexibility index (Phi) is 10.1. The van der Waals surface area contributed by atoms with Gasteiger partial charge in [-0.3, -0.25) is 4.79 Å². The highest BCUT2D eigenvalue weighted by Gasteiger charge is 2.08. The van der Waals surface area contributed by atoms with Gasteiger partial charge in [0, 0.05) is 17.3 Å². The molecule has 0 radical (unpaired) electrons. The molecule has 0 aliphatic carbocycles. The third-order valence-corrected chi connectivity index (χ3v) is 5.50. The Morgan fingerprint density at radius 1 is 0.889 bits per heavy atom. The minimum atomic E-state index is -0.526. The Balaban J connectivity index is 1.52. The summed E-state index contributed by atoms with van der Waals surface area (Å²) < 4.78 is 16.6. The molecular formula is C30H33NO5. The summed E-state index contributed by atoms with van der Waals surface area (Å²) in [5.74, 6) is 0.878. The first-order valence-electron chi connectivity index (χ1n) is 12.2. The van der Waals surface area contributed by atoms with Crippen LogP contribution in [0.2, 0.25) is 0 Å². The van der Waals surface area contributed by atoms with Crippen molar-refractivity contribution < 1.29 is 23.8 Å². The number of methoxy groups -OCH3 is 1. The highest BCUT2D eigenvalue weighted by molar-refractivity contribution is 6.04. The van der Waals surface area contributed by atoms with E-state index in [1.54, 1.807) is 37.5 Å². The van der Waals surface area contributed by atoms with E-state index in [4.69, 9.17) is 14.2 Å². The number of hydrogen-bond donors (Lipinski definition) is 1. The molecule has 36 heavy (non-hydrogen) atoms. The first kappa shape index (κ1) is 26.5. The lowest BCUT2D eigenvalue weighted by Gasteiger charge is -2.11. The molecule has 0 atom stereocenters. The molecule has 0 heterocycles. The molecule has 3 aromatic carbocycles. The molecule has 0 saturated carbocycles. The number of ether oxygens (including phenoxy) is 3. The standard InChI is InChI=1S/C30H33NO5/c1-4-5-6-7-20-35-27-18-10-23(21-28(27)34-3)11-19-29(32)36-26-16-12-24(13-17-26)30(33)31-25-14-8-22(2)9-15-25/h8-19,21H,4-7,20H2,1-3H3,(H,31,33)/b19-11+. The lowest BCUT2D eigenvalue weighted by atomic mass is 10.2. The number of carbonyl (C=O) groups is 2. The predicted molar refractivity (Wildman–Crippen MR) is 143 cm³/mol. The number of unbranched alkanes of at least 4 members (excludes halogenated alkanes) is 3. The maximum atomic E-state index is 12.4. The van der Waals surface area contributed by atoms with Gasteiger partial charge in [-0.25, -0.2) is 4.79 Å². The Morgan fingerprint density at radius 2 is 1.64 bits per heavy atom. The van der Waals surface area contributed by atoms with Crippen LogP contribution in [0, 0.1) is 6.92 Å². The van der Waals surface area contributed by atoms with Crippen molar-refractivity contribution >= 4 is 23.6 Å². The highest BCUT2D eigenvalue weighted by atomic mass is 16.5. The first-order valence-corrected chi connectivity index (χ1v) is 12.2. The Morgan fingerprint density at radius 3 is 2.33 bits per heavy atom. The van der Waals surface area contributed by atoms with Crippen LogP contribution in [-0.4, -0.2) is 25.6 Å². The minimum Gasteiger partial charge on any atom is -0.493 e. The van der Waals surface area contributed by atoms with E-state index in [0.29, 0.717) is 29.4 Å². The van der Waals surface area contributed by atoms with Crippen LogP contribution in [0.15, 0.2) is 72.8 Å². The summed E-state index contributed by atoms with van der Waals surface area (Å²) in [6, 6.07) is 19.5. The molecule has 6 heteroatoms. The smallest absolute Gasteiger partial charge is 0.336 e. The third-order valence-electron chi connectivity index (χ3n) is 5.50. The van der Waals surface area contributed by atoms with E-state index in [9.17, 15) is 9.59 Å². The van der Waals surface area contributed by atoms with Crippen LogP contribution in [0.1, 0.15) is 54.1 Å². The van der Waals surface area contributed by atoms with E-state index in [-0.39, 0.29) is 5.91 Å². The molecule has 0 aliphatic rings. The number of hydrogen-bond acceptors (Lipinski definition) is 5. The number of amides is 1. The zero-order chi connectivity index (χ0) is 25.8. The van der Waals surface area contributed by atoms with Gasteiger partial charge >= 0.3 is 5.97 Å². The molecule has 0 fully saturated rings. The van der Waals surface area contributed by atoms with Gasteiger partial charge in [-0.05, 0) is 73.5 Å². The second kappa shape index (κ2) is 13.7. The van der Waals surface area contributed by atoms with Crippen molar-refractivity contribution in [2.24, 2.45) is 0 Å². The van der Waals surface area contributed by atoms with E-state index in [0.717, 1.165) is 29.7 Å². The number of aryl methyl sites for hydroxylation is 1. The van der Waals surface area contributed by atoms with Crippen molar-refractivity contribution in [1.29, 1.82) is 0 Å². The molecule has 0 aliphatic heterocycles. The van der Waals surface area contributed by atoms with E-state index >= 15 is 0 Å². The summed E-state index contributed by atoms with van der Waals surface area (Å²) in [4.78, 5) is 24.7. The van der Waals surface area contributed by atoms with Gasteiger partial charge in [-0.2, -0.15) is 0 Å². The fraction of sp³-hybridized carbons (Fsp3) is 0.267. The van der Waals surface area contributed by atoms with Crippen LogP contribution >= 0.6 is 0 Å². The number of anilines is 1. The van der Waals surface area contributed by atoms with Gasteiger partial charge < -0.3 is 19.5 Å². The molecule has 1 N–H and O–H groups in total. The highest BCUT2D eigenvalue weighted by Crippen LogP contribution is 2.29. The molecule has 3 rings (SSSR count). The molecular weight excluding hydrogens is 454 g/mol. The van der Waals surface area contributed by atoms with Crippen LogP contribution in [-0.2, 0) is 4.79 Å². The van der Waals surface area contributed by atoms with Crippen LogP contribution in [0.3, 0.4) is 0 Å². The molecule has 1 amide bonds. The number of benzene rings is 3. The van der Waals surface area contributed by atoms with E-state index < -0.39 is 5.97 Å². The van der Waals surface area contributed by atoms with Crippen LogP contribution in [0.25, 0.3) is 6.08 Å². The summed E-state index contributed by atoms with van der Waals surface area (Å²) in [6.45, 7) is 4.81. The first-order chi connectivity index (χ1) is 17.5. The molecule has 0 unspecified atom stereocenters. The van der Waals surface area contributed by atoms with Crippen LogP contribution in [0.4, 0.5) is 5.69 Å². The largest absolute Gasteiger partial charge is 0.493 e. The summed E-state index contributed by atoms with van der Waals surface area (Å²) in [5, 5.41) is 2.84. The predicted octanol–water partition coefficient (Wildman–Crippen LogP) is 6.83. The van der Waals surface area contributed by atoms with E-state index in [1.165, 1.54) is 18.9 Å². The second-order valence-electron chi connectivity index (χ2n) is 8.42. The van der Waals surface area contributed by atoms with Crippen molar-refractivity contribution in [2.75, 3.05) is 19.0 Å². The van der Waals surface area contributed by atoms with E-state index in [1.807, 2.05) is 49.4 Å². The minimum absolute atomic E-state index is 0.237. The lowest BCUT2D eigenvalue weighted by molar-refractivity contribution is -0.128. The average molecular weight is 488 g/mol. The van der Waals surface area contributed by atoms with Crippen molar-refractivity contribution in [3.05, 3.63) is 89.5 Å². The molecule has 0 aromatic heterocycles. The van der Waals surface area contributed by atoms with Gasteiger partial charge in [0.25, 0.3) is 5.91 Å². The Hall–Kier alpha value is -4.06. The van der Waals surface area contributed by atoms with Crippen molar-refractivity contribution in [1.82, 2.24) is 0 Å². The van der Waals surface area contributed by atoms with Gasteiger partial charge in [0.1, 0.15) is 5.75 Å². The lowest BCUT2D eigenvalue weighted by Crippen LogP contribution is -2.12. The maximum absolute atomic E-state index is 12.4. The zero-order valence-corrected chi connectivity index (χ0v) is 21.1. The number of carbonyl (C=O) groups excluding carboxylic acids is 2. The quantitative estimate of drug-likeness (QED) is 0.131. The zero-order valence-electron chi connectivity index (χ0n) is 21.1.